The van der Waals surface area contributed by atoms with Gasteiger partial charge in [-0.2, -0.15) is 0 Å². The summed E-state index contributed by atoms with van der Waals surface area (Å²) >= 11 is 13.1. The largest absolute Gasteiger partial charge is 0.485 e. The van der Waals surface area contributed by atoms with E-state index in [0.29, 0.717) is 21.8 Å². The maximum Gasteiger partial charge on any atom is 0.271 e. The highest BCUT2D eigenvalue weighted by Crippen LogP contribution is 2.27. The highest BCUT2D eigenvalue weighted by molar-refractivity contribution is 7.99. The number of ether oxygens (including phenoxy) is 1. The van der Waals surface area contributed by atoms with E-state index in [1.165, 1.54) is 30.0 Å². The van der Waals surface area contributed by atoms with Crippen LogP contribution in [0.4, 0.5) is 11.4 Å². The molecule has 0 aliphatic rings. The van der Waals surface area contributed by atoms with Crippen molar-refractivity contribution in [1.29, 1.82) is 0 Å². The first-order valence-corrected chi connectivity index (χ1v) is 10.6. The van der Waals surface area contributed by atoms with E-state index in [1.54, 1.807) is 29.8 Å². The van der Waals surface area contributed by atoms with Crippen molar-refractivity contribution in [3.05, 3.63) is 67.9 Å². The van der Waals surface area contributed by atoms with Gasteiger partial charge in [-0.15, -0.1) is 10.2 Å². The fourth-order valence-electron chi connectivity index (χ4n) is 2.55. The van der Waals surface area contributed by atoms with E-state index in [4.69, 9.17) is 27.9 Å². The van der Waals surface area contributed by atoms with Crippen LogP contribution in [-0.4, -0.2) is 31.3 Å². The second kappa shape index (κ2) is 9.99. The number of carbonyl (C=O) groups excluding carboxylic acids is 1. The van der Waals surface area contributed by atoms with Gasteiger partial charge in [0.25, 0.3) is 5.69 Å². The Morgan fingerprint density at radius 2 is 2.03 bits per heavy atom. The summed E-state index contributed by atoms with van der Waals surface area (Å²) in [7, 11) is 1.77. The number of aryl methyl sites for hydroxylation is 1. The van der Waals surface area contributed by atoms with Crippen molar-refractivity contribution in [2.75, 3.05) is 11.1 Å². The minimum absolute atomic E-state index is 0.0160. The monoisotopic (exact) mass is 481 g/mol. The maximum atomic E-state index is 12.3. The summed E-state index contributed by atoms with van der Waals surface area (Å²) in [5.41, 5.74) is 0.911. The summed E-state index contributed by atoms with van der Waals surface area (Å²) in [6, 6.07) is 9.17. The fraction of sp³-hybridized carbons (Fsp3) is 0.211. The molecule has 0 aliphatic heterocycles. The Hall–Kier alpha value is -2.82. The number of benzene rings is 2. The Balaban J connectivity index is 1.58. The Morgan fingerprint density at radius 1 is 1.26 bits per heavy atom. The predicted molar refractivity (Wildman–Crippen MR) is 119 cm³/mol. The molecule has 162 valence electrons. The Kier molecular flexibility index (Phi) is 7.37. The lowest BCUT2D eigenvalue weighted by atomic mass is 10.2. The highest BCUT2D eigenvalue weighted by Gasteiger charge is 2.15. The van der Waals surface area contributed by atoms with Crippen molar-refractivity contribution in [1.82, 2.24) is 14.8 Å². The molecule has 1 aromatic heterocycles. The zero-order valence-electron chi connectivity index (χ0n) is 16.5. The number of carbonyl (C=O) groups is 1. The number of nitro groups is 1. The third kappa shape index (κ3) is 5.87. The number of thioether (sulfide) groups is 1. The summed E-state index contributed by atoms with van der Waals surface area (Å²) in [5, 5.41) is 23.0. The molecule has 2 aromatic carbocycles. The van der Waals surface area contributed by atoms with Crippen LogP contribution in [0.5, 0.6) is 5.75 Å². The second-order valence-electron chi connectivity index (χ2n) is 6.41. The molecule has 0 aliphatic carbocycles. The number of halogens is 2. The summed E-state index contributed by atoms with van der Waals surface area (Å²) in [4.78, 5) is 22.6. The molecular formula is C19H17Cl2N5O4S. The maximum absolute atomic E-state index is 12.3. The van der Waals surface area contributed by atoms with Crippen LogP contribution in [0.15, 0.2) is 41.6 Å². The molecule has 0 radical (unpaired) electrons. The Morgan fingerprint density at radius 3 is 2.74 bits per heavy atom. The van der Waals surface area contributed by atoms with E-state index < -0.39 is 4.92 Å². The molecule has 0 spiro atoms. The zero-order chi connectivity index (χ0) is 22.5. The fourth-order valence-corrected chi connectivity index (χ4v) is 3.67. The number of hydrogen-bond donors (Lipinski definition) is 1. The molecule has 3 aromatic rings. The molecule has 12 heteroatoms. The standard InChI is InChI=1S/C19H17Cl2N5O4S/c1-11-7-12(20)3-6-16(11)30-9-17-23-24-19(25(17)2)31-10-18(27)22-15-8-13(26(28)29)4-5-14(15)21/h3-8H,9-10H2,1-2H3,(H,22,27). The van der Waals surface area contributed by atoms with E-state index >= 15 is 0 Å². The molecule has 0 saturated carbocycles. The lowest BCUT2D eigenvalue weighted by molar-refractivity contribution is -0.384. The average molecular weight is 482 g/mol. The molecule has 31 heavy (non-hydrogen) atoms. The van der Waals surface area contributed by atoms with Crippen molar-refractivity contribution in [3.8, 4) is 5.75 Å². The minimum atomic E-state index is -0.560. The molecule has 1 amide bonds. The minimum Gasteiger partial charge on any atom is -0.485 e. The quantitative estimate of drug-likeness (QED) is 0.283. The molecule has 0 bridgehead atoms. The van der Waals surface area contributed by atoms with Gasteiger partial charge in [0.15, 0.2) is 11.0 Å². The van der Waals surface area contributed by atoms with Crippen molar-refractivity contribution in [3.63, 3.8) is 0 Å². The topological polar surface area (TPSA) is 112 Å². The second-order valence-corrected chi connectivity index (χ2v) is 8.20. The molecule has 0 fully saturated rings. The Bertz CT molecular complexity index is 1140. The average Bonchev–Trinajstić information content (AvgIpc) is 3.07. The summed E-state index contributed by atoms with van der Waals surface area (Å²) in [6.07, 6.45) is 0. The van der Waals surface area contributed by atoms with Crippen LogP contribution in [0, 0.1) is 17.0 Å². The van der Waals surface area contributed by atoms with Gasteiger partial charge in [-0.25, -0.2) is 0 Å². The highest BCUT2D eigenvalue weighted by atomic mass is 35.5. The molecule has 0 saturated heterocycles. The number of rotatable bonds is 8. The number of nitro benzene ring substituents is 1. The van der Waals surface area contributed by atoms with Gasteiger partial charge < -0.3 is 14.6 Å². The van der Waals surface area contributed by atoms with Gasteiger partial charge in [0, 0.05) is 24.2 Å². The van der Waals surface area contributed by atoms with Crippen molar-refractivity contribution in [2.45, 2.75) is 18.7 Å². The molecule has 3 rings (SSSR count). The van der Waals surface area contributed by atoms with Crippen LogP contribution in [0.25, 0.3) is 0 Å². The number of nitrogens with zero attached hydrogens (tertiary/aromatic N) is 4. The lowest BCUT2D eigenvalue weighted by Gasteiger charge is -2.09. The van der Waals surface area contributed by atoms with Crippen molar-refractivity contribution >= 4 is 52.2 Å². The third-order valence-corrected chi connectivity index (χ3v) is 5.77. The molecular weight excluding hydrogens is 465 g/mol. The van der Waals surface area contributed by atoms with Crippen molar-refractivity contribution < 1.29 is 14.5 Å². The molecule has 0 unspecified atom stereocenters. The molecule has 1 N–H and O–H groups in total. The Labute approximate surface area is 191 Å². The van der Waals surface area contributed by atoms with Crippen LogP contribution >= 0.6 is 35.0 Å². The van der Waals surface area contributed by atoms with E-state index in [2.05, 4.69) is 15.5 Å². The summed E-state index contributed by atoms with van der Waals surface area (Å²) < 4.78 is 7.51. The molecule has 1 heterocycles. The van der Waals surface area contributed by atoms with Crippen LogP contribution in [0.3, 0.4) is 0 Å². The SMILES string of the molecule is Cc1cc(Cl)ccc1OCc1nnc(SCC(=O)Nc2cc([N+](=O)[O-])ccc2Cl)n1C. The number of amides is 1. The zero-order valence-corrected chi connectivity index (χ0v) is 18.8. The van der Waals surface area contributed by atoms with E-state index in [-0.39, 0.29) is 34.7 Å². The number of nitrogens with one attached hydrogen (secondary N) is 1. The summed E-state index contributed by atoms with van der Waals surface area (Å²) in [5.74, 6) is 0.904. The number of non-ortho nitro benzene ring substituents is 1. The number of aromatic nitrogens is 3. The normalized spacial score (nSPS) is 10.7. The first-order chi connectivity index (χ1) is 14.7. The number of hydrogen-bond acceptors (Lipinski definition) is 7. The van der Waals surface area contributed by atoms with E-state index in [9.17, 15) is 14.9 Å². The lowest BCUT2D eigenvalue weighted by Crippen LogP contribution is -2.15. The van der Waals surface area contributed by atoms with Gasteiger partial charge in [-0.05, 0) is 36.8 Å². The third-order valence-electron chi connectivity index (χ3n) is 4.19. The first kappa shape index (κ1) is 22.9. The van der Waals surface area contributed by atoms with Gasteiger partial charge >= 0.3 is 0 Å². The first-order valence-electron chi connectivity index (χ1n) is 8.88. The smallest absolute Gasteiger partial charge is 0.271 e. The van der Waals surface area contributed by atoms with Crippen LogP contribution in [-0.2, 0) is 18.4 Å². The van der Waals surface area contributed by atoms with Crippen molar-refractivity contribution in [2.24, 2.45) is 7.05 Å². The van der Waals surface area contributed by atoms with Gasteiger partial charge in [0.05, 0.1) is 21.4 Å². The van der Waals surface area contributed by atoms with Gasteiger partial charge in [0.1, 0.15) is 12.4 Å². The van der Waals surface area contributed by atoms with E-state index in [1.807, 2.05) is 6.92 Å². The van der Waals surface area contributed by atoms with Crippen LogP contribution in [0.1, 0.15) is 11.4 Å². The van der Waals surface area contributed by atoms with Gasteiger partial charge in [-0.3, -0.25) is 14.9 Å². The van der Waals surface area contributed by atoms with Crippen LogP contribution in [0.2, 0.25) is 10.0 Å². The van der Waals surface area contributed by atoms with Gasteiger partial charge in [-0.1, -0.05) is 35.0 Å². The van der Waals surface area contributed by atoms with Crippen LogP contribution < -0.4 is 10.1 Å². The molecule has 9 nitrogen and oxygen atoms in total. The predicted octanol–water partition coefficient (Wildman–Crippen LogP) is 4.65. The van der Waals surface area contributed by atoms with E-state index in [0.717, 1.165) is 5.56 Å². The summed E-state index contributed by atoms with van der Waals surface area (Å²) in [6.45, 7) is 2.09. The van der Waals surface area contributed by atoms with Gasteiger partial charge in [0.2, 0.25) is 5.91 Å². The molecule has 0 atom stereocenters. The number of anilines is 1.